The Labute approximate surface area is 299 Å². The lowest BCUT2D eigenvalue weighted by atomic mass is 9.96. The zero-order valence-electron chi connectivity index (χ0n) is 29.5. The van der Waals surface area contributed by atoms with E-state index in [2.05, 4.69) is 15.8 Å². The van der Waals surface area contributed by atoms with Crippen molar-refractivity contribution in [1.82, 2.24) is 19.8 Å². The van der Waals surface area contributed by atoms with Crippen molar-refractivity contribution in [3.63, 3.8) is 0 Å². The second kappa shape index (κ2) is 18.9. The summed E-state index contributed by atoms with van der Waals surface area (Å²) in [5, 5.41) is 40.4. The molecule has 0 bridgehead atoms. The van der Waals surface area contributed by atoms with Gasteiger partial charge in [0.2, 0.25) is 15.9 Å². The fourth-order valence-corrected chi connectivity index (χ4v) is 7.06. The predicted molar refractivity (Wildman–Crippen MR) is 194 cm³/mol. The van der Waals surface area contributed by atoms with Crippen LogP contribution in [-0.4, -0.2) is 89.3 Å². The Bertz CT molecular complexity index is 1740. The van der Waals surface area contributed by atoms with Crippen molar-refractivity contribution >= 4 is 33.9 Å². The molecule has 0 aliphatic rings. The molecule has 15 heteroatoms. The normalized spacial score (nSPS) is 14.2. The molecule has 0 saturated heterocycles. The molecule has 0 heterocycles. The SMILES string of the molecule is CC[C@H](C)[C@H](NC(=O)N(C)Cc1cccc([N+](=O)[O-])c1)C(=O)N[C@@H](Cc1ccccc1)[C@H](O)CN(CC(C)C)S(=O)(=O)c1ccc(/C=N/O)cc1. The minimum absolute atomic E-state index is 0.0112. The summed E-state index contributed by atoms with van der Waals surface area (Å²) in [5.41, 5.74) is 1.72. The van der Waals surface area contributed by atoms with Crippen LogP contribution in [0, 0.1) is 22.0 Å². The monoisotopic (exact) mass is 724 g/mol. The quantitative estimate of drug-likeness (QED) is 0.0642. The number of sulfonamides is 1. The van der Waals surface area contributed by atoms with Gasteiger partial charge in [0.25, 0.3) is 5.69 Å². The minimum Gasteiger partial charge on any atom is -0.411 e. The number of hydrogen-bond acceptors (Lipinski definition) is 9. The van der Waals surface area contributed by atoms with Crippen molar-refractivity contribution in [1.29, 1.82) is 0 Å². The van der Waals surface area contributed by atoms with E-state index in [0.29, 0.717) is 17.5 Å². The number of carbonyl (C=O) groups excluding carboxylic acids is 2. The highest BCUT2D eigenvalue weighted by molar-refractivity contribution is 7.89. The summed E-state index contributed by atoms with van der Waals surface area (Å²) in [4.78, 5) is 39.3. The number of nitrogens with one attached hydrogen (secondary N) is 2. The number of urea groups is 1. The molecular weight excluding hydrogens is 676 g/mol. The van der Waals surface area contributed by atoms with Gasteiger partial charge in [-0.15, -0.1) is 0 Å². The van der Waals surface area contributed by atoms with Crippen molar-refractivity contribution in [3.05, 3.63) is 106 Å². The maximum atomic E-state index is 14.0. The third-order valence-electron chi connectivity index (χ3n) is 8.44. The average Bonchev–Trinajstić information content (AvgIpc) is 3.10. The first-order chi connectivity index (χ1) is 24.2. The lowest BCUT2D eigenvalue weighted by Gasteiger charge is -2.33. The van der Waals surface area contributed by atoms with Crippen molar-refractivity contribution in [2.45, 2.75) is 70.2 Å². The zero-order valence-corrected chi connectivity index (χ0v) is 30.4. The van der Waals surface area contributed by atoms with E-state index in [-0.39, 0.29) is 48.5 Å². The Morgan fingerprint density at radius 3 is 2.20 bits per heavy atom. The highest BCUT2D eigenvalue weighted by Crippen LogP contribution is 2.21. The Morgan fingerprint density at radius 1 is 0.961 bits per heavy atom. The molecule has 0 radical (unpaired) electrons. The smallest absolute Gasteiger partial charge is 0.318 e. The molecule has 4 atom stereocenters. The number of aliphatic hydroxyl groups excluding tert-OH is 1. The molecule has 0 aromatic heterocycles. The van der Waals surface area contributed by atoms with E-state index in [1.54, 1.807) is 6.07 Å². The van der Waals surface area contributed by atoms with Gasteiger partial charge >= 0.3 is 6.03 Å². The largest absolute Gasteiger partial charge is 0.411 e. The highest BCUT2D eigenvalue weighted by atomic mass is 32.2. The van der Waals surface area contributed by atoms with E-state index in [1.165, 1.54) is 64.9 Å². The molecule has 0 aliphatic heterocycles. The Kier molecular flexibility index (Phi) is 15.1. The maximum absolute atomic E-state index is 14.0. The van der Waals surface area contributed by atoms with Crippen LogP contribution in [0.4, 0.5) is 10.5 Å². The number of amides is 3. The molecular formula is C36H48N6O8S. The summed E-state index contributed by atoms with van der Waals surface area (Å²) in [6.07, 6.45) is 0.523. The molecule has 3 rings (SSSR count). The van der Waals surface area contributed by atoms with E-state index in [9.17, 15) is 33.2 Å². The number of benzene rings is 3. The number of hydrogen-bond donors (Lipinski definition) is 4. The van der Waals surface area contributed by atoms with E-state index in [4.69, 9.17) is 5.21 Å². The van der Waals surface area contributed by atoms with E-state index in [1.807, 2.05) is 58.0 Å². The number of nitro groups is 1. The molecule has 0 aliphatic carbocycles. The van der Waals surface area contributed by atoms with Gasteiger partial charge in [0.15, 0.2) is 0 Å². The Hall–Kier alpha value is -4.86. The lowest BCUT2D eigenvalue weighted by Crippen LogP contribution is -2.58. The van der Waals surface area contributed by atoms with Gasteiger partial charge in [-0.2, -0.15) is 4.31 Å². The molecule has 276 valence electrons. The molecule has 0 saturated carbocycles. The Balaban J connectivity index is 1.86. The van der Waals surface area contributed by atoms with Gasteiger partial charge in [-0.3, -0.25) is 14.9 Å². The summed E-state index contributed by atoms with van der Waals surface area (Å²) in [5.74, 6) is -0.980. The standard InChI is InChI=1S/C36H48N6O8S/c1-6-26(4)34(39-36(45)40(5)23-29-13-10-14-30(19-29)42(47)48)35(44)38-32(20-27-11-8-7-9-12-27)33(43)24-41(22-25(2)3)51(49,50)31-17-15-28(16-18-31)21-37-46/h7-19,21,25-26,32-34,43,46H,6,20,22-24H2,1-5H3,(H,38,44)(H,39,45)/b37-21+/t26-,32-,33+,34-/m0/s1. The third-order valence-corrected chi connectivity index (χ3v) is 10.3. The molecule has 51 heavy (non-hydrogen) atoms. The van der Waals surface area contributed by atoms with Crippen LogP contribution in [0.1, 0.15) is 50.8 Å². The number of nitrogens with zero attached hydrogens (tertiary/aromatic N) is 4. The Morgan fingerprint density at radius 2 is 1.61 bits per heavy atom. The van der Waals surface area contributed by atoms with Gasteiger partial charge in [0.1, 0.15) is 6.04 Å². The van der Waals surface area contributed by atoms with Crippen LogP contribution in [-0.2, 0) is 27.8 Å². The summed E-state index contributed by atoms with van der Waals surface area (Å²) < 4.78 is 28.9. The molecule has 3 amide bonds. The van der Waals surface area contributed by atoms with Crippen LogP contribution in [0.2, 0.25) is 0 Å². The van der Waals surface area contributed by atoms with Gasteiger partial charge in [-0.05, 0) is 47.1 Å². The van der Waals surface area contributed by atoms with Crippen LogP contribution < -0.4 is 10.6 Å². The number of aliphatic hydroxyl groups is 1. The van der Waals surface area contributed by atoms with Crippen LogP contribution in [0.3, 0.4) is 0 Å². The van der Waals surface area contributed by atoms with Gasteiger partial charge in [0, 0.05) is 38.8 Å². The summed E-state index contributed by atoms with van der Waals surface area (Å²) >= 11 is 0. The minimum atomic E-state index is -4.10. The lowest BCUT2D eigenvalue weighted by molar-refractivity contribution is -0.384. The maximum Gasteiger partial charge on any atom is 0.318 e. The second-order valence-corrected chi connectivity index (χ2v) is 14.9. The second-order valence-electron chi connectivity index (χ2n) is 13.0. The number of non-ortho nitro benzene ring substituents is 1. The van der Waals surface area contributed by atoms with Crippen LogP contribution in [0.5, 0.6) is 0 Å². The summed E-state index contributed by atoms with van der Waals surface area (Å²) in [6.45, 7) is 7.21. The molecule has 4 N–H and O–H groups in total. The molecule has 14 nitrogen and oxygen atoms in total. The number of rotatable bonds is 18. The van der Waals surface area contributed by atoms with Gasteiger partial charge < -0.3 is 25.8 Å². The fraction of sp³-hybridized carbons (Fsp3) is 0.417. The summed E-state index contributed by atoms with van der Waals surface area (Å²) in [6, 6.07) is 18.3. The molecule has 3 aromatic carbocycles. The van der Waals surface area contributed by atoms with Crippen molar-refractivity contribution in [2.24, 2.45) is 17.0 Å². The van der Waals surface area contributed by atoms with Crippen LogP contribution >= 0.6 is 0 Å². The molecule has 3 aromatic rings. The topological polar surface area (TPSA) is 195 Å². The van der Waals surface area contributed by atoms with Gasteiger partial charge in [-0.1, -0.05) is 93.9 Å². The number of carbonyl (C=O) groups is 2. The molecule has 0 spiro atoms. The average molecular weight is 725 g/mol. The number of oxime groups is 1. The predicted octanol–water partition coefficient (Wildman–Crippen LogP) is 4.39. The summed E-state index contributed by atoms with van der Waals surface area (Å²) in [7, 11) is -2.58. The highest BCUT2D eigenvalue weighted by Gasteiger charge is 2.34. The van der Waals surface area contributed by atoms with E-state index in [0.717, 1.165) is 5.56 Å². The first-order valence-corrected chi connectivity index (χ1v) is 18.1. The third kappa shape index (κ3) is 11.9. The van der Waals surface area contributed by atoms with Crippen LogP contribution in [0.25, 0.3) is 0 Å². The van der Waals surface area contributed by atoms with E-state index < -0.39 is 45.1 Å². The first-order valence-electron chi connectivity index (χ1n) is 16.7. The van der Waals surface area contributed by atoms with Crippen molar-refractivity contribution in [2.75, 3.05) is 20.1 Å². The van der Waals surface area contributed by atoms with Gasteiger partial charge in [-0.25, -0.2) is 13.2 Å². The number of nitro benzene ring substituents is 1. The fourth-order valence-electron chi connectivity index (χ4n) is 5.44. The molecule has 0 unspecified atom stereocenters. The van der Waals surface area contributed by atoms with Crippen LogP contribution in [0.15, 0.2) is 88.9 Å². The first kappa shape index (κ1) is 40.6. The van der Waals surface area contributed by atoms with Crippen molar-refractivity contribution < 1.29 is 33.2 Å². The van der Waals surface area contributed by atoms with Crippen molar-refractivity contribution in [3.8, 4) is 0 Å². The molecule has 0 fully saturated rings. The van der Waals surface area contributed by atoms with E-state index >= 15 is 0 Å². The van der Waals surface area contributed by atoms with Gasteiger partial charge in [0.05, 0.1) is 28.2 Å². The zero-order chi connectivity index (χ0) is 37.7.